The van der Waals surface area contributed by atoms with E-state index >= 15 is 0 Å². The lowest BCUT2D eigenvalue weighted by molar-refractivity contribution is -0.193. The van der Waals surface area contributed by atoms with E-state index in [-0.39, 0.29) is 18.8 Å². The normalized spacial score (nSPS) is 11.4. The first-order valence-electron chi connectivity index (χ1n) is 18.9. The van der Waals surface area contributed by atoms with Crippen LogP contribution in [-0.2, 0) is 32.3 Å². The Morgan fingerprint density at radius 2 is 1.16 bits per heavy atom. The number of carboxylic acids is 1. The fourth-order valence-corrected chi connectivity index (χ4v) is 5.75. The number of carboxylic acid groups (broad SMARTS) is 1. The summed E-state index contributed by atoms with van der Waals surface area (Å²) in [6.45, 7) is 1.84. The minimum Gasteiger partial charge on any atom is -0.478 e. The molecule has 0 aliphatic rings. The zero-order valence-corrected chi connectivity index (χ0v) is 32.9. The first kappa shape index (κ1) is 44.6. The van der Waals surface area contributed by atoms with Crippen molar-refractivity contribution in [3.05, 3.63) is 197 Å². The Morgan fingerprint density at radius 3 is 1.70 bits per heavy atom. The number of nitrogens with one attached hydrogen (secondary N) is 1. The summed E-state index contributed by atoms with van der Waals surface area (Å²) in [7, 11) is 0. The van der Waals surface area contributed by atoms with Crippen LogP contribution in [0.5, 0.6) is 0 Å². The van der Waals surface area contributed by atoms with Crippen molar-refractivity contribution in [1.29, 1.82) is 0 Å². The van der Waals surface area contributed by atoms with Gasteiger partial charge in [-0.3, -0.25) is 4.79 Å². The van der Waals surface area contributed by atoms with Gasteiger partial charge in [0.15, 0.2) is 6.29 Å². The lowest BCUT2D eigenvalue weighted by Crippen LogP contribution is -2.47. The van der Waals surface area contributed by atoms with E-state index in [1.807, 2.05) is 73.7 Å². The standard InChI is InChI=1S/C30H25NO6.C19H18O5/c32-27(33)16-10-20-6-12-23(13-7-20)26-18-25(30(36)37-19-22-4-2-1-3-5-22)29(31-26)24-14-8-21(9-15-24)11-17-28(34)35;1-2-6-14-9-11-16(12-10-14)17(20)19(22,23)18(21)24-13-15-7-4-3-5-8-15/h1-18,28,31,34-35H,19H2,(H,32,33);2-12,22-23H,13H2,1H3/b16-10+,17-11+;6-2+. The molecule has 0 unspecified atom stereocenters. The summed E-state index contributed by atoms with van der Waals surface area (Å²) in [6, 6.07) is 40.5. The monoisotopic (exact) mass is 821 g/mol. The maximum Gasteiger partial charge on any atom is 0.375 e. The van der Waals surface area contributed by atoms with Gasteiger partial charge < -0.3 is 40.0 Å². The van der Waals surface area contributed by atoms with Crippen LogP contribution in [0, 0.1) is 0 Å². The summed E-state index contributed by atoms with van der Waals surface area (Å²) in [4.78, 5) is 51.3. The summed E-state index contributed by atoms with van der Waals surface area (Å²) >= 11 is 0. The predicted molar refractivity (Wildman–Crippen MR) is 230 cm³/mol. The number of carbonyl (C=O) groups excluding carboxylic acids is 3. The molecule has 310 valence electrons. The number of carbonyl (C=O) groups is 4. The van der Waals surface area contributed by atoms with Gasteiger partial charge in [0.2, 0.25) is 5.78 Å². The quantitative estimate of drug-likeness (QED) is 0.0197. The number of aliphatic hydroxyl groups excluding tert-OH is 1. The van der Waals surface area contributed by atoms with Gasteiger partial charge in [-0.05, 0) is 64.1 Å². The number of allylic oxidation sites excluding steroid dienone is 1. The van der Waals surface area contributed by atoms with Gasteiger partial charge >= 0.3 is 23.7 Å². The third-order valence-corrected chi connectivity index (χ3v) is 8.90. The van der Waals surface area contributed by atoms with E-state index < -0.39 is 35.8 Å². The summed E-state index contributed by atoms with van der Waals surface area (Å²) in [5, 5.41) is 46.7. The second-order valence-electron chi connectivity index (χ2n) is 13.4. The zero-order chi connectivity index (χ0) is 43.8. The predicted octanol–water partition coefficient (Wildman–Crippen LogP) is 7.45. The van der Waals surface area contributed by atoms with Crippen molar-refractivity contribution in [2.75, 3.05) is 0 Å². The van der Waals surface area contributed by atoms with Crippen molar-refractivity contribution >= 4 is 41.9 Å². The Hall–Kier alpha value is -7.48. The molecule has 6 aromatic rings. The number of hydrogen-bond acceptors (Lipinski definition) is 10. The molecular weight excluding hydrogens is 779 g/mol. The van der Waals surface area contributed by atoms with Gasteiger partial charge in [-0.1, -0.05) is 152 Å². The molecule has 0 bridgehead atoms. The smallest absolute Gasteiger partial charge is 0.375 e. The molecule has 6 N–H and O–H groups in total. The number of H-pyrrole nitrogens is 1. The number of ether oxygens (including phenoxy) is 2. The van der Waals surface area contributed by atoms with Gasteiger partial charge in [0.05, 0.1) is 11.3 Å². The number of Topliss-reactive ketones (excluding diaryl/α,β-unsaturated/α-hetero) is 1. The second kappa shape index (κ2) is 21.5. The highest BCUT2D eigenvalue weighted by molar-refractivity contribution is 6.13. The molecule has 0 aliphatic heterocycles. The number of hydrogen-bond donors (Lipinski definition) is 6. The summed E-state index contributed by atoms with van der Waals surface area (Å²) in [5.41, 5.74) is 7.11. The maximum atomic E-state index is 13.1. The number of benzene rings is 5. The van der Waals surface area contributed by atoms with Gasteiger partial charge in [-0.25, -0.2) is 14.4 Å². The number of ketones is 1. The van der Waals surface area contributed by atoms with E-state index in [0.29, 0.717) is 22.5 Å². The molecule has 0 spiro atoms. The number of esters is 2. The van der Waals surface area contributed by atoms with E-state index in [4.69, 9.17) is 24.8 Å². The van der Waals surface area contributed by atoms with Crippen molar-refractivity contribution in [1.82, 2.24) is 4.98 Å². The van der Waals surface area contributed by atoms with Gasteiger partial charge in [-0.2, -0.15) is 0 Å². The van der Waals surface area contributed by atoms with E-state index in [2.05, 4.69) is 4.98 Å². The second-order valence-corrected chi connectivity index (χ2v) is 13.4. The molecule has 61 heavy (non-hydrogen) atoms. The number of aromatic nitrogens is 1. The highest BCUT2D eigenvalue weighted by Crippen LogP contribution is 2.31. The Morgan fingerprint density at radius 1 is 0.656 bits per heavy atom. The molecule has 0 radical (unpaired) electrons. The van der Waals surface area contributed by atoms with E-state index in [1.54, 1.807) is 78.9 Å². The van der Waals surface area contributed by atoms with Crippen LogP contribution < -0.4 is 0 Å². The highest BCUT2D eigenvalue weighted by atomic mass is 16.6. The topological polar surface area (TPSA) is 204 Å². The van der Waals surface area contributed by atoms with Crippen molar-refractivity contribution < 1.29 is 54.2 Å². The molecule has 5 aromatic carbocycles. The number of rotatable bonds is 15. The van der Waals surface area contributed by atoms with E-state index in [0.717, 1.165) is 39.5 Å². The number of aliphatic carboxylic acids is 1. The largest absolute Gasteiger partial charge is 0.478 e. The highest BCUT2D eigenvalue weighted by Gasteiger charge is 2.44. The fraction of sp³-hybridized carbons (Fsp3) is 0.102. The average molecular weight is 822 g/mol. The van der Waals surface area contributed by atoms with Crippen molar-refractivity contribution in [2.45, 2.75) is 32.2 Å². The molecule has 1 aromatic heterocycles. The fourth-order valence-electron chi connectivity index (χ4n) is 5.75. The molecule has 12 heteroatoms. The van der Waals surface area contributed by atoms with E-state index in [1.165, 1.54) is 24.3 Å². The van der Waals surface area contributed by atoms with E-state index in [9.17, 15) is 29.4 Å². The summed E-state index contributed by atoms with van der Waals surface area (Å²) in [6.07, 6.45) is 7.54. The number of aromatic amines is 1. The number of aliphatic hydroxyl groups is 4. The Bertz CT molecular complexity index is 2480. The van der Waals surface area contributed by atoms with Crippen LogP contribution in [0.15, 0.2) is 158 Å². The van der Waals surface area contributed by atoms with Crippen LogP contribution in [0.1, 0.15) is 55.5 Å². The Labute approximate surface area is 351 Å². The molecule has 1 heterocycles. The summed E-state index contributed by atoms with van der Waals surface area (Å²) < 4.78 is 10.4. The van der Waals surface area contributed by atoms with Crippen LogP contribution >= 0.6 is 0 Å². The van der Waals surface area contributed by atoms with Gasteiger partial charge in [-0.15, -0.1) is 0 Å². The van der Waals surface area contributed by atoms with Crippen LogP contribution in [0.4, 0.5) is 0 Å². The minimum atomic E-state index is -3.23. The third kappa shape index (κ3) is 13.0. The molecule has 0 aliphatic carbocycles. The van der Waals surface area contributed by atoms with Crippen molar-refractivity contribution in [3.63, 3.8) is 0 Å². The molecule has 0 atom stereocenters. The SMILES string of the molecule is C/C=C/c1ccc(C(=O)C(O)(O)C(=O)OCc2ccccc2)cc1.O=C(O)/C=C/c1ccc(-c2cc(C(=O)OCc3ccccc3)c(-c3ccc(/C=C/C(O)O)cc3)[nH]2)cc1. The Kier molecular flexibility index (Phi) is 15.7. The lowest BCUT2D eigenvalue weighted by Gasteiger charge is -2.18. The van der Waals surface area contributed by atoms with Crippen LogP contribution in [-0.4, -0.2) is 66.3 Å². The zero-order valence-electron chi connectivity index (χ0n) is 32.9. The van der Waals surface area contributed by atoms with Crippen molar-refractivity contribution in [3.8, 4) is 22.5 Å². The molecule has 6 rings (SSSR count). The maximum absolute atomic E-state index is 13.1. The first-order valence-corrected chi connectivity index (χ1v) is 18.9. The molecule has 12 nitrogen and oxygen atoms in total. The molecule has 0 fully saturated rings. The van der Waals surface area contributed by atoms with Gasteiger partial charge in [0.1, 0.15) is 13.2 Å². The Balaban J connectivity index is 0.000000254. The lowest BCUT2D eigenvalue weighted by atomic mass is 10.0. The molecular formula is C49H43NO11. The minimum absolute atomic E-state index is 0.00455. The third-order valence-electron chi connectivity index (χ3n) is 8.90. The molecule has 0 saturated heterocycles. The molecule has 0 amide bonds. The van der Waals surface area contributed by atoms with Gasteiger partial charge in [0.25, 0.3) is 0 Å². The van der Waals surface area contributed by atoms with Crippen molar-refractivity contribution in [2.24, 2.45) is 0 Å². The average Bonchev–Trinajstić information content (AvgIpc) is 3.73. The molecule has 0 saturated carbocycles. The first-order chi connectivity index (χ1) is 29.3. The van der Waals surface area contributed by atoms with Crippen LogP contribution in [0.2, 0.25) is 0 Å². The summed E-state index contributed by atoms with van der Waals surface area (Å²) in [5.74, 6) is -7.27. The van der Waals surface area contributed by atoms with Gasteiger partial charge in [0, 0.05) is 17.3 Å². The van der Waals surface area contributed by atoms with Crippen LogP contribution in [0.25, 0.3) is 40.7 Å². The van der Waals surface area contributed by atoms with Crippen LogP contribution in [0.3, 0.4) is 0 Å².